The number of aliphatic hydroxyl groups is 1. The minimum absolute atomic E-state index is 0.0690. The summed E-state index contributed by atoms with van der Waals surface area (Å²) in [7, 11) is 0. The molecule has 1 N–H and O–H groups in total. The minimum atomic E-state index is -0.753. The fourth-order valence-electron chi connectivity index (χ4n) is 1.58. The van der Waals surface area contributed by atoms with Crippen molar-refractivity contribution >= 4 is 38.9 Å². The number of ether oxygens (including phenoxy) is 1. The van der Waals surface area contributed by atoms with E-state index in [0.29, 0.717) is 15.6 Å². The molecule has 0 saturated heterocycles. The molecule has 0 spiro atoms. The van der Waals surface area contributed by atoms with Crippen LogP contribution < -0.4 is 4.74 Å². The van der Waals surface area contributed by atoms with Gasteiger partial charge in [-0.2, -0.15) is 0 Å². The second-order valence-corrected chi connectivity index (χ2v) is 6.83. The van der Waals surface area contributed by atoms with Crippen molar-refractivity contribution in [1.29, 1.82) is 0 Å². The molecule has 19 heavy (non-hydrogen) atoms. The second kappa shape index (κ2) is 6.22. The largest absolute Gasteiger partial charge is 0.489 e. The molecule has 2 heterocycles. The van der Waals surface area contributed by atoms with Gasteiger partial charge in [0.05, 0.1) is 12.3 Å². The Kier molecular flexibility index (Phi) is 4.84. The van der Waals surface area contributed by atoms with E-state index in [4.69, 9.17) is 16.3 Å². The molecule has 0 bridgehead atoms. The molecule has 3 nitrogen and oxygen atoms in total. The third kappa shape index (κ3) is 3.69. The van der Waals surface area contributed by atoms with Crippen LogP contribution in [0.3, 0.4) is 0 Å². The molecule has 2 aromatic heterocycles. The van der Waals surface area contributed by atoms with Crippen molar-refractivity contribution in [2.24, 2.45) is 0 Å². The average Bonchev–Trinajstić information content (AvgIpc) is 2.68. The molecule has 2 rings (SSSR count). The number of aromatic nitrogens is 1. The molecule has 0 aliphatic heterocycles. The van der Waals surface area contributed by atoms with Crippen LogP contribution >= 0.6 is 38.9 Å². The zero-order valence-corrected chi connectivity index (χ0v) is 13.6. The lowest BCUT2D eigenvalue weighted by Crippen LogP contribution is -2.07. The van der Waals surface area contributed by atoms with E-state index in [-0.39, 0.29) is 6.10 Å². The van der Waals surface area contributed by atoms with E-state index in [1.54, 1.807) is 18.5 Å². The van der Waals surface area contributed by atoms with Crippen LogP contribution in [0.2, 0.25) is 4.34 Å². The van der Waals surface area contributed by atoms with Crippen molar-refractivity contribution in [1.82, 2.24) is 4.98 Å². The third-order valence-electron chi connectivity index (χ3n) is 2.36. The Balaban J connectivity index is 2.25. The van der Waals surface area contributed by atoms with Crippen LogP contribution in [0.15, 0.2) is 29.0 Å². The van der Waals surface area contributed by atoms with Gasteiger partial charge in [-0.05, 0) is 41.9 Å². The van der Waals surface area contributed by atoms with Crippen molar-refractivity contribution < 1.29 is 9.84 Å². The third-order valence-corrected chi connectivity index (χ3v) is 4.88. The lowest BCUT2D eigenvalue weighted by atomic mass is 10.1. The molecule has 0 radical (unpaired) electrons. The Morgan fingerprint density at radius 1 is 1.37 bits per heavy atom. The van der Waals surface area contributed by atoms with Crippen molar-refractivity contribution in [2.75, 3.05) is 0 Å². The maximum Gasteiger partial charge on any atom is 0.138 e. The SMILES string of the molecule is CC(C)Oc1cncc(C(O)c2cc(Br)c(Cl)s2)c1. The molecule has 1 unspecified atom stereocenters. The highest BCUT2D eigenvalue weighted by atomic mass is 79.9. The van der Waals surface area contributed by atoms with E-state index in [2.05, 4.69) is 20.9 Å². The number of rotatable bonds is 4. The highest BCUT2D eigenvalue weighted by Gasteiger charge is 2.16. The number of halogens is 2. The highest BCUT2D eigenvalue weighted by Crippen LogP contribution is 2.37. The normalized spacial score (nSPS) is 12.7. The van der Waals surface area contributed by atoms with Crippen LogP contribution in [0.1, 0.15) is 30.4 Å². The molecular formula is C13H13BrClNO2S. The van der Waals surface area contributed by atoms with Crippen LogP contribution in [0.5, 0.6) is 5.75 Å². The van der Waals surface area contributed by atoms with Gasteiger partial charge in [0.1, 0.15) is 16.2 Å². The van der Waals surface area contributed by atoms with Crippen LogP contribution in [-0.2, 0) is 0 Å². The standard InChI is InChI=1S/C13H13BrClNO2S/c1-7(2)18-9-3-8(5-16-6-9)12(17)11-4-10(14)13(15)19-11/h3-7,12,17H,1-2H3. The predicted octanol–water partition coefficient (Wildman–Crippen LogP) is 4.43. The number of pyridine rings is 1. The van der Waals surface area contributed by atoms with Gasteiger partial charge in [0.25, 0.3) is 0 Å². The van der Waals surface area contributed by atoms with Gasteiger partial charge < -0.3 is 9.84 Å². The van der Waals surface area contributed by atoms with Crippen LogP contribution in [-0.4, -0.2) is 16.2 Å². The molecule has 2 aromatic rings. The maximum atomic E-state index is 10.3. The lowest BCUT2D eigenvalue weighted by molar-refractivity contribution is 0.219. The summed E-state index contributed by atoms with van der Waals surface area (Å²) in [6.07, 6.45) is 2.57. The van der Waals surface area contributed by atoms with Gasteiger partial charge in [0, 0.05) is 21.1 Å². The molecule has 0 saturated carbocycles. The van der Waals surface area contributed by atoms with Crippen LogP contribution in [0.25, 0.3) is 0 Å². The molecule has 0 aliphatic rings. The fraction of sp³-hybridized carbons (Fsp3) is 0.308. The summed E-state index contributed by atoms with van der Waals surface area (Å²) >= 11 is 10.6. The van der Waals surface area contributed by atoms with Gasteiger partial charge in [-0.1, -0.05) is 11.6 Å². The minimum Gasteiger partial charge on any atom is -0.489 e. The van der Waals surface area contributed by atoms with Gasteiger partial charge in [-0.15, -0.1) is 11.3 Å². The monoisotopic (exact) mass is 361 g/mol. The molecule has 1 atom stereocenters. The Morgan fingerprint density at radius 3 is 2.68 bits per heavy atom. The molecule has 6 heteroatoms. The number of aliphatic hydroxyl groups excluding tert-OH is 1. The maximum absolute atomic E-state index is 10.3. The zero-order chi connectivity index (χ0) is 14.0. The molecule has 0 fully saturated rings. The Morgan fingerprint density at radius 2 is 2.11 bits per heavy atom. The predicted molar refractivity (Wildman–Crippen MR) is 81.1 cm³/mol. The van der Waals surface area contributed by atoms with E-state index in [0.717, 1.165) is 9.35 Å². The van der Waals surface area contributed by atoms with Gasteiger partial charge in [0.2, 0.25) is 0 Å². The van der Waals surface area contributed by atoms with Gasteiger partial charge in [0.15, 0.2) is 0 Å². The van der Waals surface area contributed by atoms with Crippen molar-refractivity contribution in [2.45, 2.75) is 26.1 Å². The summed E-state index contributed by atoms with van der Waals surface area (Å²) in [5.74, 6) is 0.647. The van der Waals surface area contributed by atoms with E-state index < -0.39 is 6.10 Å². The summed E-state index contributed by atoms with van der Waals surface area (Å²) in [5, 5.41) is 10.3. The van der Waals surface area contributed by atoms with Gasteiger partial charge in [-0.3, -0.25) is 4.98 Å². The van der Waals surface area contributed by atoms with Gasteiger partial charge >= 0.3 is 0 Å². The fourth-order valence-corrected chi connectivity index (χ4v) is 3.33. The molecule has 0 aromatic carbocycles. The lowest BCUT2D eigenvalue weighted by Gasteiger charge is -2.12. The first kappa shape index (κ1) is 14.8. The quantitative estimate of drug-likeness (QED) is 0.875. The van der Waals surface area contributed by atoms with Crippen LogP contribution in [0.4, 0.5) is 0 Å². The molecular weight excluding hydrogens is 350 g/mol. The Hall–Kier alpha value is -0.620. The smallest absolute Gasteiger partial charge is 0.138 e. The van der Waals surface area contributed by atoms with Crippen molar-refractivity contribution in [3.63, 3.8) is 0 Å². The summed E-state index contributed by atoms with van der Waals surface area (Å²) in [6, 6.07) is 3.60. The zero-order valence-electron chi connectivity index (χ0n) is 10.4. The first-order valence-corrected chi connectivity index (χ1v) is 7.70. The average molecular weight is 363 g/mol. The molecule has 0 amide bonds. The Labute approximate surface area is 129 Å². The highest BCUT2D eigenvalue weighted by molar-refractivity contribution is 9.10. The van der Waals surface area contributed by atoms with E-state index in [1.807, 2.05) is 19.9 Å². The topological polar surface area (TPSA) is 42.4 Å². The van der Waals surface area contributed by atoms with E-state index in [9.17, 15) is 5.11 Å². The number of hydrogen-bond donors (Lipinski definition) is 1. The van der Waals surface area contributed by atoms with Crippen molar-refractivity contribution in [3.05, 3.63) is 43.8 Å². The number of thiophene rings is 1. The summed E-state index contributed by atoms with van der Waals surface area (Å²) < 4.78 is 6.97. The number of hydrogen-bond acceptors (Lipinski definition) is 4. The molecule has 0 aliphatic carbocycles. The number of nitrogens with zero attached hydrogens (tertiary/aromatic N) is 1. The van der Waals surface area contributed by atoms with E-state index in [1.165, 1.54) is 11.3 Å². The van der Waals surface area contributed by atoms with Crippen LogP contribution in [0, 0.1) is 0 Å². The second-order valence-electron chi connectivity index (χ2n) is 4.29. The summed E-state index contributed by atoms with van der Waals surface area (Å²) in [4.78, 5) is 4.85. The summed E-state index contributed by atoms with van der Waals surface area (Å²) in [5.41, 5.74) is 0.684. The van der Waals surface area contributed by atoms with Gasteiger partial charge in [-0.25, -0.2) is 0 Å². The first-order valence-electron chi connectivity index (χ1n) is 5.71. The first-order chi connectivity index (χ1) is 8.97. The van der Waals surface area contributed by atoms with E-state index >= 15 is 0 Å². The van der Waals surface area contributed by atoms with Crippen molar-refractivity contribution in [3.8, 4) is 5.75 Å². The Bertz CT molecular complexity index is 554. The molecule has 102 valence electrons. The summed E-state index contributed by atoms with van der Waals surface area (Å²) in [6.45, 7) is 3.89.